The Morgan fingerprint density at radius 1 is 1.26 bits per heavy atom. The van der Waals surface area contributed by atoms with E-state index in [0.29, 0.717) is 6.42 Å². The van der Waals surface area contributed by atoms with Crippen LogP contribution in [0.5, 0.6) is 5.75 Å². The Bertz CT molecular complexity index is 489. The Kier molecular flexibility index (Phi) is 3.83. The molecule has 0 unspecified atom stereocenters. The fraction of sp³-hybridized carbons (Fsp3) is 0.562. The molecule has 3 heteroatoms. The lowest BCUT2D eigenvalue weighted by molar-refractivity contribution is -0.146. The molecule has 0 amide bonds. The summed E-state index contributed by atoms with van der Waals surface area (Å²) in [7, 11) is 1.70. The number of carboxylic acids is 1. The van der Waals surface area contributed by atoms with E-state index in [1.165, 1.54) is 29.5 Å². The molecule has 3 nitrogen and oxygen atoms in total. The Hall–Kier alpha value is -1.51. The second kappa shape index (κ2) is 5.24. The Balaban J connectivity index is 2.39. The summed E-state index contributed by atoms with van der Waals surface area (Å²) in [5, 5.41) is 9.28. The first-order valence-corrected chi connectivity index (χ1v) is 6.87. The van der Waals surface area contributed by atoms with Gasteiger partial charge in [0.05, 0.1) is 12.5 Å². The monoisotopic (exact) mass is 262 g/mol. The van der Waals surface area contributed by atoms with Crippen molar-refractivity contribution in [1.82, 2.24) is 0 Å². The fourth-order valence-corrected chi connectivity index (χ4v) is 2.82. The molecule has 0 aliphatic heterocycles. The van der Waals surface area contributed by atoms with E-state index in [1.54, 1.807) is 21.0 Å². The molecular weight excluding hydrogens is 240 g/mol. The van der Waals surface area contributed by atoms with E-state index in [9.17, 15) is 9.90 Å². The van der Waals surface area contributed by atoms with Crippen LogP contribution in [0.15, 0.2) is 12.1 Å². The predicted molar refractivity (Wildman–Crippen MR) is 74.8 cm³/mol. The van der Waals surface area contributed by atoms with E-state index >= 15 is 0 Å². The van der Waals surface area contributed by atoms with Gasteiger partial charge in [-0.05, 0) is 68.7 Å². The SMILES string of the molecule is COc1ccc(CC(C)(C)C(=O)O)c2c1CCCC2. The van der Waals surface area contributed by atoms with Gasteiger partial charge in [0.25, 0.3) is 0 Å². The van der Waals surface area contributed by atoms with Crippen LogP contribution >= 0.6 is 0 Å². The van der Waals surface area contributed by atoms with Crippen molar-refractivity contribution in [3.05, 3.63) is 28.8 Å². The van der Waals surface area contributed by atoms with Gasteiger partial charge in [0.1, 0.15) is 5.75 Å². The average molecular weight is 262 g/mol. The van der Waals surface area contributed by atoms with Gasteiger partial charge in [-0.15, -0.1) is 0 Å². The van der Waals surface area contributed by atoms with E-state index in [-0.39, 0.29) is 0 Å². The molecule has 1 N–H and O–H groups in total. The zero-order valence-corrected chi connectivity index (χ0v) is 12.0. The highest BCUT2D eigenvalue weighted by atomic mass is 16.5. The number of benzene rings is 1. The first kappa shape index (κ1) is 13.9. The van der Waals surface area contributed by atoms with Crippen LogP contribution in [0, 0.1) is 5.41 Å². The molecule has 1 aliphatic rings. The van der Waals surface area contributed by atoms with E-state index in [0.717, 1.165) is 18.6 Å². The Morgan fingerprint density at radius 3 is 2.47 bits per heavy atom. The quantitative estimate of drug-likeness (QED) is 0.906. The number of fused-ring (bicyclic) bond motifs is 1. The third-order valence-electron chi connectivity index (χ3n) is 4.02. The highest BCUT2D eigenvalue weighted by Crippen LogP contribution is 2.35. The molecule has 1 aromatic rings. The number of hydrogen-bond donors (Lipinski definition) is 1. The molecule has 0 saturated carbocycles. The van der Waals surface area contributed by atoms with Crippen LogP contribution in [0.2, 0.25) is 0 Å². The molecule has 2 rings (SSSR count). The zero-order chi connectivity index (χ0) is 14.0. The molecule has 1 aliphatic carbocycles. The molecule has 104 valence electrons. The van der Waals surface area contributed by atoms with Gasteiger partial charge in [-0.25, -0.2) is 0 Å². The summed E-state index contributed by atoms with van der Waals surface area (Å²) in [5.41, 5.74) is 3.05. The van der Waals surface area contributed by atoms with Crippen LogP contribution in [0.4, 0.5) is 0 Å². The molecular formula is C16H22O3. The maximum absolute atomic E-state index is 11.3. The highest BCUT2D eigenvalue weighted by molar-refractivity contribution is 5.74. The number of aliphatic carboxylic acids is 1. The second-order valence-electron chi connectivity index (χ2n) is 5.96. The summed E-state index contributed by atoms with van der Waals surface area (Å²) < 4.78 is 5.43. The third-order valence-corrected chi connectivity index (χ3v) is 4.02. The van der Waals surface area contributed by atoms with Crippen LogP contribution in [0.25, 0.3) is 0 Å². The molecule has 0 fully saturated rings. The second-order valence-corrected chi connectivity index (χ2v) is 5.96. The smallest absolute Gasteiger partial charge is 0.309 e. The van der Waals surface area contributed by atoms with E-state index in [1.807, 2.05) is 12.1 Å². The van der Waals surface area contributed by atoms with Gasteiger partial charge in [0.2, 0.25) is 0 Å². The summed E-state index contributed by atoms with van der Waals surface area (Å²) in [4.78, 5) is 11.3. The first-order chi connectivity index (χ1) is 8.95. The summed E-state index contributed by atoms with van der Waals surface area (Å²) in [5.74, 6) is 0.208. The van der Waals surface area contributed by atoms with E-state index in [4.69, 9.17) is 4.74 Å². The normalized spacial score (nSPS) is 14.9. The van der Waals surface area contributed by atoms with Gasteiger partial charge < -0.3 is 9.84 Å². The molecule has 0 radical (unpaired) electrons. The van der Waals surface area contributed by atoms with Gasteiger partial charge in [-0.3, -0.25) is 4.79 Å². The standard InChI is InChI=1S/C16H22O3/c1-16(2,15(17)18)10-11-8-9-14(19-3)13-7-5-4-6-12(11)13/h8-9H,4-7,10H2,1-3H3,(H,17,18). The first-order valence-electron chi connectivity index (χ1n) is 6.87. The lowest BCUT2D eigenvalue weighted by atomic mass is 9.80. The van der Waals surface area contributed by atoms with Gasteiger partial charge in [-0.2, -0.15) is 0 Å². The summed E-state index contributed by atoms with van der Waals surface area (Å²) in [6, 6.07) is 4.02. The topological polar surface area (TPSA) is 46.5 Å². The number of carbonyl (C=O) groups is 1. The minimum atomic E-state index is -0.743. The molecule has 0 saturated heterocycles. The number of carboxylic acid groups (broad SMARTS) is 1. The highest BCUT2D eigenvalue weighted by Gasteiger charge is 2.29. The molecule has 0 aromatic heterocycles. The van der Waals surface area contributed by atoms with Crippen LogP contribution in [-0.2, 0) is 24.1 Å². The maximum Gasteiger partial charge on any atom is 0.309 e. The summed E-state index contributed by atoms with van der Waals surface area (Å²) >= 11 is 0. The molecule has 0 atom stereocenters. The minimum Gasteiger partial charge on any atom is -0.496 e. The van der Waals surface area contributed by atoms with Gasteiger partial charge >= 0.3 is 5.97 Å². The van der Waals surface area contributed by atoms with Crippen molar-refractivity contribution in [2.45, 2.75) is 46.0 Å². The Morgan fingerprint density at radius 2 is 1.89 bits per heavy atom. The minimum absolute atomic E-state index is 0.578. The maximum atomic E-state index is 11.3. The zero-order valence-electron chi connectivity index (χ0n) is 12.0. The molecule has 0 bridgehead atoms. The van der Waals surface area contributed by atoms with Crippen molar-refractivity contribution in [3.8, 4) is 5.75 Å². The molecule has 1 aromatic carbocycles. The number of methoxy groups -OCH3 is 1. The van der Waals surface area contributed by atoms with Crippen LogP contribution in [-0.4, -0.2) is 18.2 Å². The Labute approximate surface area is 114 Å². The van der Waals surface area contributed by atoms with Gasteiger partial charge in [0, 0.05) is 0 Å². The third kappa shape index (κ3) is 2.75. The van der Waals surface area contributed by atoms with Crippen molar-refractivity contribution in [3.63, 3.8) is 0 Å². The summed E-state index contributed by atoms with van der Waals surface area (Å²) in [6.45, 7) is 3.57. The molecule has 0 heterocycles. The average Bonchev–Trinajstić information content (AvgIpc) is 2.38. The van der Waals surface area contributed by atoms with E-state index in [2.05, 4.69) is 0 Å². The number of hydrogen-bond acceptors (Lipinski definition) is 2. The van der Waals surface area contributed by atoms with Crippen LogP contribution < -0.4 is 4.74 Å². The lowest BCUT2D eigenvalue weighted by Crippen LogP contribution is -2.27. The fourth-order valence-electron chi connectivity index (χ4n) is 2.82. The predicted octanol–water partition coefficient (Wildman–Crippen LogP) is 3.23. The largest absolute Gasteiger partial charge is 0.496 e. The van der Waals surface area contributed by atoms with Gasteiger partial charge in [0.15, 0.2) is 0 Å². The molecule has 19 heavy (non-hydrogen) atoms. The van der Waals surface area contributed by atoms with Crippen molar-refractivity contribution in [2.75, 3.05) is 7.11 Å². The summed E-state index contributed by atoms with van der Waals surface area (Å²) in [6.07, 6.45) is 5.03. The van der Waals surface area contributed by atoms with Crippen molar-refractivity contribution >= 4 is 5.97 Å². The van der Waals surface area contributed by atoms with E-state index < -0.39 is 11.4 Å². The van der Waals surface area contributed by atoms with Crippen LogP contribution in [0.3, 0.4) is 0 Å². The van der Waals surface area contributed by atoms with Gasteiger partial charge in [-0.1, -0.05) is 6.07 Å². The van der Waals surface area contributed by atoms with Crippen LogP contribution in [0.1, 0.15) is 43.4 Å². The molecule has 0 spiro atoms. The number of ether oxygens (including phenoxy) is 1. The lowest BCUT2D eigenvalue weighted by Gasteiger charge is -2.26. The number of rotatable bonds is 4. The van der Waals surface area contributed by atoms with Crippen molar-refractivity contribution in [1.29, 1.82) is 0 Å². The van der Waals surface area contributed by atoms with Crippen molar-refractivity contribution in [2.24, 2.45) is 5.41 Å². The van der Waals surface area contributed by atoms with Crippen molar-refractivity contribution < 1.29 is 14.6 Å².